The van der Waals surface area contributed by atoms with Crippen LogP contribution in [0.25, 0.3) is 54.6 Å². The zero-order valence-electron chi connectivity index (χ0n) is 21.7. The predicted molar refractivity (Wildman–Crippen MR) is 155 cm³/mol. The fourth-order valence-corrected chi connectivity index (χ4v) is 5.62. The van der Waals surface area contributed by atoms with Gasteiger partial charge in [-0.05, 0) is 59.7 Å². The van der Waals surface area contributed by atoms with Gasteiger partial charge in [0.15, 0.2) is 5.69 Å². The zero-order chi connectivity index (χ0) is 28.2. The largest absolute Gasteiger partial charge is 0.308 e. The second kappa shape index (κ2) is 8.98. The average Bonchev–Trinajstić information content (AvgIpc) is 3.46. The molecule has 6 aromatic rings. The Balaban J connectivity index is 1.58. The average molecular weight is 531 g/mol. The molecule has 3 aromatic carbocycles. The minimum atomic E-state index is -0.352. The highest BCUT2D eigenvalue weighted by molar-refractivity contribution is 6.23. The SMILES string of the molecule is [C-]#[N+]c1ccncc1-c1ccc2c(c1)c1cc(-c3cnccc3C#N)ccc1n2-c1cccc2c1C(=O)N(C)C2=O. The lowest BCUT2D eigenvalue weighted by Crippen LogP contribution is -2.24. The number of aromatic nitrogens is 3. The van der Waals surface area contributed by atoms with Crippen LogP contribution in [0.15, 0.2) is 91.5 Å². The van der Waals surface area contributed by atoms with Crippen molar-refractivity contribution in [2.24, 2.45) is 0 Å². The summed E-state index contributed by atoms with van der Waals surface area (Å²) in [7, 11) is 1.49. The number of fused-ring (bicyclic) bond motifs is 4. The van der Waals surface area contributed by atoms with Crippen LogP contribution in [0, 0.1) is 17.9 Å². The Bertz CT molecular complexity index is 2080. The van der Waals surface area contributed by atoms with Crippen molar-refractivity contribution >= 4 is 39.3 Å². The van der Waals surface area contributed by atoms with Crippen LogP contribution >= 0.6 is 0 Å². The number of amides is 2. The maximum Gasteiger partial charge on any atom is 0.263 e. The Morgan fingerprint density at radius 1 is 0.805 bits per heavy atom. The third-order valence-electron chi connectivity index (χ3n) is 7.58. The molecule has 0 saturated heterocycles. The molecule has 0 spiro atoms. The van der Waals surface area contributed by atoms with E-state index in [1.165, 1.54) is 7.05 Å². The van der Waals surface area contributed by atoms with Crippen LogP contribution in [0.4, 0.5) is 5.69 Å². The predicted octanol–water partition coefficient (Wildman–Crippen LogP) is 6.56. The molecule has 3 aromatic heterocycles. The lowest BCUT2D eigenvalue weighted by Gasteiger charge is -2.12. The van der Waals surface area contributed by atoms with Crippen molar-refractivity contribution in [3.8, 4) is 34.0 Å². The van der Waals surface area contributed by atoms with E-state index in [1.807, 2.05) is 47.0 Å². The first-order chi connectivity index (χ1) is 20.0. The minimum Gasteiger partial charge on any atom is -0.308 e. The normalized spacial score (nSPS) is 12.5. The highest BCUT2D eigenvalue weighted by Gasteiger charge is 2.35. The highest BCUT2D eigenvalue weighted by atomic mass is 16.2. The van der Waals surface area contributed by atoms with E-state index in [0.29, 0.717) is 39.2 Å². The summed E-state index contributed by atoms with van der Waals surface area (Å²) in [6, 6.07) is 22.7. The molecule has 1 aliphatic heterocycles. The molecule has 1 aliphatic rings. The van der Waals surface area contributed by atoms with E-state index in [4.69, 9.17) is 6.57 Å². The number of pyridine rings is 2. The van der Waals surface area contributed by atoms with Gasteiger partial charge in [0, 0.05) is 53.7 Å². The van der Waals surface area contributed by atoms with Gasteiger partial charge in [0.25, 0.3) is 11.8 Å². The van der Waals surface area contributed by atoms with E-state index in [9.17, 15) is 14.9 Å². The summed E-state index contributed by atoms with van der Waals surface area (Å²) < 4.78 is 1.99. The third kappa shape index (κ3) is 3.45. The molecule has 0 N–H and O–H groups in total. The van der Waals surface area contributed by atoms with Crippen LogP contribution in [0.3, 0.4) is 0 Å². The van der Waals surface area contributed by atoms with Gasteiger partial charge in [-0.1, -0.05) is 18.2 Å². The number of rotatable bonds is 3. The van der Waals surface area contributed by atoms with Crippen molar-refractivity contribution in [2.45, 2.75) is 0 Å². The highest BCUT2D eigenvalue weighted by Crippen LogP contribution is 2.40. The summed E-state index contributed by atoms with van der Waals surface area (Å²) in [6.07, 6.45) is 6.54. The molecule has 0 radical (unpaired) electrons. The summed E-state index contributed by atoms with van der Waals surface area (Å²) in [5.41, 5.74) is 7.03. The topological polar surface area (TPSA) is 96.2 Å². The molecule has 2 amide bonds. The molecule has 0 saturated carbocycles. The van der Waals surface area contributed by atoms with Crippen LogP contribution in [0.1, 0.15) is 26.3 Å². The summed E-state index contributed by atoms with van der Waals surface area (Å²) >= 11 is 0. The van der Waals surface area contributed by atoms with E-state index < -0.39 is 0 Å². The van der Waals surface area contributed by atoms with E-state index in [2.05, 4.69) is 20.9 Å². The summed E-state index contributed by atoms with van der Waals surface area (Å²) in [5, 5.41) is 11.5. The third-order valence-corrected chi connectivity index (χ3v) is 7.58. The first-order valence-electron chi connectivity index (χ1n) is 12.7. The number of nitriles is 1. The van der Waals surface area contributed by atoms with E-state index in [0.717, 1.165) is 37.8 Å². The number of imide groups is 1. The van der Waals surface area contributed by atoms with Gasteiger partial charge in [0.2, 0.25) is 0 Å². The van der Waals surface area contributed by atoms with Gasteiger partial charge in [-0.2, -0.15) is 5.26 Å². The standard InChI is InChI=1S/C33H18N6O2/c1-35-27-11-13-37-18-26(27)20-7-9-29-24(15-20)23-14-19(25-17-36-12-10-21(25)16-34)6-8-28(23)39(29)30-5-3-4-22-31(30)33(41)38(2)32(22)40/h3-15,17-18H,2H3. The van der Waals surface area contributed by atoms with E-state index >= 15 is 0 Å². The molecule has 0 atom stereocenters. The monoisotopic (exact) mass is 530 g/mol. The van der Waals surface area contributed by atoms with Gasteiger partial charge in [0.05, 0.1) is 46.1 Å². The molecule has 4 heterocycles. The summed E-state index contributed by atoms with van der Waals surface area (Å²) in [6.45, 7) is 7.63. The lowest BCUT2D eigenvalue weighted by atomic mass is 9.99. The Labute approximate surface area is 234 Å². The van der Waals surface area contributed by atoms with Crippen molar-refractivity contribution in [2.75, 3.05) is 7.05 Å². The molecule has 0 unspecified atom stereocenters. The lowest BCUT2D eigenvalue weighted by molar-refractivity contribution is 0.0693. The van der Waals surface area contributed by atoms with E-state index in [1.54, 1.807) is 49.1 Å². The molecule has 8 nitrogen and oxygen atoms in total. The first kappa shape index (κ1) is 24.0. The molecular weight excluding hydrogens is 512 g/mol. The molecule has 41 heavy (non-hydrogen) atoms. The second-order valence-corrected chi connectivity index (χ2v) is 9.71. The van der Waals surface area contributed by atoms with Gasteiger partial charge >= 0.3 is 0 Å². The molecule has 192 valence electrons. The van der Waals surface area contributed by atoms with Gasteiger partial charge in [-0.25, -0.2) is 4.85 Å². The van der Waals surface area contributed by atoms with Crippen molar-refractivity contribution in [3.05, 3.63) is 120 Å². The fourth-order valence-electron chi connectivity index (χ4n) is 5.62. The summed E-state index contributed by atoms with van der Waals surface area (Å²) in [5.74, 6) is -0.684. The van der Waals surface area contributed by atoms with Crippen LogP contribution in [-0.4, -0.2) is 38.3 Å². The fraction of sp³-hybridized carbons (Fsp3) is 0.0303. The summed E-state index contributed by atoms with van der Waals surface area (Å²) in [4.78, 5) is 39.3. The van der Waals surface area contributed by atoms with Crippen LogP contribution in [0.2, 0.25) is 0 Å². The number of carbonyl (C=O) groups is 2. The molecule has 0 bridgehead atoms. The Kier molecular flexibility index (Phi) is 5.24. The van der Waals surface area contributed by atoms with Crippen LogP contribution < -0.4 is 0 Å². The number of hydrogen-bond donors (Lipinski definition) is 0. The number of nitrogens with zero attached hydrogens (tertiary/aromatic N) is 6. The molecule has 7 rings (SSSR count). The Hall–Kier alpha value is -6.12. The smallest absolute Gasteiger partial charge is 0.263 e. The molecule has 0 fully saturated rings. The second-order valence-electron chi connectivity index (χ2n) is 9.71. The minimum absolute atomic E-state index is 0.332. The zero-order valence-corrected chi connectivity index (χ0v) is 21.7. The Morgan fingerprint density at radius 2 is 1.46 bits per heavy atom. The quantitative estimate of drug-likeness (QED) is 0.191. The first-order valence-corrected chi connectivity index (χ1v) is 12.7. The van der Waals surface area contributed by atoms with Gasteiger partial charge < -0.3 is 4.57 Å². The van der Waals surface area contributed by atoms with Gasteiger partial charge in [-0.15, -0.1) is 0 Å². The van der Waals surface area contributed by atoms with Crippen molar-refractivity contribution in [3.63, 3.8) is 0 Å². The number of hydrogen-bond acceptors (Lipinski definition) is 5. The molecule has 0 aliphatic carbocycles. The van der Waals surface area contributed by atoms with Gasteiger partial charge in [0.1, 0.15) is 0 Å². The Morgan fingerprint density at radius 3 is 2.15 bits per heavy atom. The maximum atomic E-state index is 13.2. The van der Waals surface area contributed by atoms with Crippen LogP contribution in [0.5, 0.6) is 0 Å². The van der Waals surface area contributed by atoms with E-state index in [-0.39, 0.29) is 11.8 Å². The van der Waals surface area contributed by atoms with Gasteiger partial charge in [-0.3, -0.25) is 24.5 Å². The van der Waals surface area contributed by atoms with Crippen LogP contribution in [-0.2, 0) is 0 Å². The number of benzene rings is 3. The van der Waals surface area contributed by atoms with Crippen molar-refractivity contribution in [1.29, 1.82) is 5.26 Å². The number of carbonyl (C=O) groups excluding carboxylic acids is 2. The van der Waals surface area contributed by atoms with Crippen molar-refractivity contribution in [1.82, 2.24) is 19.4 Å². The molecule has 8 heteroatoms. The maximum absolute atomic E-state index is 13.2. The molecular formula is C33H18N6O2. The van der Waals surface area contributed by atoms with Crippen molar-refractivity contribution < 1.29 is 9.59 Å².